The topological polar surface area (TPSA) is 28.2 Å². The van der Waals surface area contributed by atoms with Crippen molar-refractivity contribution in [3.05, 3.63) is 29.3 Å². The fourth-order valence-corrected chi connectivity index (χ4v) is 4.29. The van der Waals surface area contributed by atoms with Crippen molar-refractivity contribution in [2.45, 2.75) is 38.6 Å². The number of likely N-dealkylation sites (tertiary alicyclic amines) is 1. The van der Waals surface area contributed by atoms with Crippen LogP contribution < -0.4 is 5.32 Å². The van der Waals surface area contributed by atoms with Crippen molar-refractivity contribution in [1.82, 2.24) is 15.2 Å². The van der Waals surface area contributed by atoms with E-state index in [1.807, 2.05) is 11.3 Å². The monoisotopic (exact) mass is 319 g/mol. The number of thiocarbonyl (C=S) groups is 1. The second-order valence-corrected chi connectivity index (χ2v) is 7.33. The zero-order valence-corrected chi connectivity index (χ0v) is 14.1. The number of nitrogens with zero attached hydrogens (tertiary/aromatic N) is 2. The number of rotatable bonds is 2. The Morgan fingerprint density at radius 2 is 2.05 bits per heavy atom. The summed E-state index contributed by atoms with van der Waals surface area (Å²) in [6.45, 7) is 6.30. The molecule has 1 aliphatic heterocycles. The number of para-hydroxylation sites is 1. The summed E-state index contributed by atoms with van der Waals surface area (Å²) >= 11 is 7.31. The number of hydrogen-bond acceptors (Lipinski definition) is 3. The first-order chi connectivity index (χ1) is 10.1. The maximum absolute atomic E-state index is 5.46. The number of fused-ring (bicyclic) bond motifs is 1. The summed E-state index contributed by atoms with van der Waals surface area (Å²) in [5.74, 6) is 0.584. The molecule has 0 spiro atoms. The molecule has 112 valence electrons. The second-order valence-electron chi connectivity index (χ2n) is 5.89. The number of thiazole rings is 1. The van der Waals surface area contributed by atoms with Crippen molar-refractivity contribution >= 4 is 38.9 Å². The van der Waals surface area contributed by atoms with Crippen LogP contribution in [-0.2, 0) is 0 Å². The summed E-state index contributed by atoms with van der Waals surface area (Å²) in [6, 6.07) is 8.81. The quantitative estimate of drug-likeness (QED) is 0.853. The van der Waals surface area contributed by atoms with Gasteiger partial charge in [-0.15, -0.1) is 11.3 Å². The third-order valence-corrected chi connectivity index (χ3v) is 5.43. The molecule has 1 N–H and O–H groups in total. The molecule has 0 radical (unpaired) electrons. The van der Waals surface area contributed by atoms with Crippen molar-refractivity contribution in [2.75, 3.05) is 13.1 Å². The average Bonchev–Trinajstić information content (AvgIpc) is 2.90. The molecule has 0 unspecified atom stereocenters. The van der Waals surface area contributed by atoms with Crippen LogP contribution in [0.2, 0.25) is 0 Å². The van der Waals surface area contributed by atoms with Crippen LogP contribution in [0, 0.1) is 0 Å². The van der Waals surface area contributed by atoms with Crippen LogP contribution >= 0.6 is 23.6 Å². The van der Waals surface area contributed by atoms with Crippen molar-refractivity contribution in [1.29, 1.82) is 0 Å². The second kappa shape index (κ2) is 6.28. The lowest BCUT2D eigenvalue weighted by molar-refractivity contribution is 0.308. The molecule has 1 fully saturated rings. The Hall–Kier alpha value is -1.20. The van der Waals surface area contributed by atoms with Gasteiger partial charge in [0.2, 0.25) is 0 Å². The summed E-state index contributed by atoms with van der Waals surface area (Å²) in [5, 5.41) is 5.52. The lowest BCUT2D eigenvalue weighted by Crippen LogP contribution is -2.46. The molecule has 0 amide bonds. The first-order valence-electron chi connectivity index (χ1n) is 7.54. The van der Waals surface area contributed by atoms with E-state index < -0.39 is 0 Å². The lowest BCUT2D eigenvalue weighted by Gasteiger charge is -2.33. The molecule has 0 atom stereocenters. The summed E-state index contributed by atoms with van der Waals surface area (Å²) in [4.78, 5) is 7.10. The first-order valence-corrected chi connectivity index (χ1v) is 8.77. The lowest BCUT2D eigenvalue weighted by atomic mass is 9.98. The minimum Gasteiger partial charge on any atom is -0.360 e. The molecule has 0 saturated carbocycles. The van der Waals surface area contributed by atoms with Gasteiger partial charge in [0.1, 0.15) is 0 Å². The Morgan fingerprint density at radius 1 is 1.33 bits per heavy atom. The molecule has 1 aliphatic rings. The highest BCUT2D eigenvalue weighted by atomic mass is 32.1. The molecule has 0 aliphatic carbocycles. The van der Waals surface area contributed by atoms with Gasteiger partial charge in [-0.2, -0.15) is 0 Å². The molecule has 2 heterocycles. The minimum absolute atomic E-state index is 0.402. The van der Waals surface area contributed by atoms with Gasteiger partial charge in [0.15, 0.2) is 5.11 Å². The van der Waals surface area contributed by atoms with Gasteiger partial charge in [0, 0.05) is 25.0 Å². The van der Waals surface area contributed by atoms with E-state index in [-0.39, 0.29) is 0 Å². The summed E-state index contributed by atoms with van der Waals surface area (Å²) in [6.07, 6.45) is 2.28. The third-order valence-electron chi connectivity index (χ3n) is 3.85. The fourth-order valence-electron chi connectivity index (χ4n) is 2.73. The minimum atomic E-state index is 0.402. The third kappa shape index (κ3) is 3.35. The van der Waals surface area contributed by atoms with E-state index in [9.17, 15) is 0 Å². The molecule has 3 rings (SSSR count). The van der Waals surface area contributed by atoms with Crippen molar-refractivity contribution in [3.63, 3.8) is 0 Å². The molecule has 1 aromatic carbocycles. The Kier molecular flexibility index (Phi) is 4.40. The van der Waals surface area contributed by atoms with E-state index >= 15 is 0 Å². The standard InChI is InChI=1S/C16H21N3S2/c1-11(2)17-16(20)19-9-7-12(8-10-19)15-18-13-5-3-4-6-14(13)21-15/h3-6,11-12H,7-10H2,1-2H3,(H,17,20). The molecular weight excluding hydrogens is 298 g/mol. The number of aromatic nitrogens is 1. The van der Waals surface area contributed by atoms with E-state index in [4.69, 9.17) is 17.2 Å². The molecule has 3 nitrogen and oxygen atoms in total. The number of piperidine rings is 1. The number of benzene rings is 1. The molecule has 21 heavy (non-hydrogen) atoms. The predicted molar refractivity (Wildman–Crippen MR) is 94.0 cm³/mol. The maximum Gasteiger partial charge on any atom is 0.169 e. The van der Waals surface area contributed by atoms with Crippen LogP contribution in [0.4, 0.5) is 0 Å². The highest BCUT2D eigenvalue weighted by Crippen LogP contribution is 2.33. The van der Waals surface area contributed by atoms with Gasteiger partial charge < -0.3 is 10.2 Å². The van der Waals surface area contributed by atoms with Gasteiger partial charge in [0.25, 0.3) is 0 Å². The summed E-state index contributed by atoms with van der Waals surface area (Å²) in [7, 11) is 0. The fraction of sp³-hybridized carbons (Fsp3) is 0.500. The van der Waals surface area contributed by atoms with Crippen LogP contribution in [0.25, 0.3) is 10.2 Å². The molecule has 1 saturated heterocycles. The molecule has 2 aromatic rings. The Labute approximate surface area is 135 Å². The molecule has 0 bridgehead atoms. The highest BCUT2D eigenvalue weighted by Gasteiger charge is 2.24. The summed E-state index contributed by atoms with van der Waals surface area (Å²) < 4.78 is 1.30. The van der Waals surface area contributed by atoms with Crippen molar-refractivity contribution in [2.24, 2.45) is 0 Å². The Morgan fingerprint density at radius 3 is 2.71 bits per heavy atom. The maximum atomic E-state index is 5.46. The largest absolute Gasteiger partial charge is 0.360 e. The first kappa shape index (κ1) is 14.7. The highest BCUT2D eigenvalue weighted by molar-refractivity contribution is 7.80. The van der Waals surface area contributed by atoms with Gasteiger partial charge >= 0.3 is 0 Å². The number of nitrogens with one attached hydrogen (secondary N) is 1. The van der Waals surface area contributed by atoms with Gasteiger partial charge in [-0.25, -0.2) is 4.98 Å². The van der Waals surface area contributed by atoms with Crippen LogP contribution in [0.1, 0.15) is 37.6 Å². The van der Waals surface area contributed by atoms with E-state index in [0.717, 1.165) is 36.6 Å². The summed E-state index contributed by atoms with van der Waals surface area (Å²) in [5.41, 5.74) is 1.14. The van der Waals surface area contributed by atoms with Gasteiger partial charge in [-0.1, -0.05) is 12.1 Å². The van der Waals surface area contributed by atoms with E-state index in [0.29, 0.717) is 12.0 Å². The average molecular weight is 319 g/mol. The zero-order valence-electron chi connectivity index (χ0n) is 12.5. The van der Waals surface area contributed by atoms with E-state index in [1.54, 1.807) is 0 Å². The predicted octanol–water partition coefficient (Wildman–Crippen LogP) is 3.76. The normalized spacial score (nSPS) is 16.6. The van der Waals surface area contributed by atoms with Crippen molar-refractivity contribution < 1.29 is 0 Å². The van der Waals surface area contributed by atoms with E-state index in [2.05, 4.69) is 48.3 Å². The van der Waals surface area contributed by atoms with Crippen molar-refractivity contribution in [3.8, 4) is 0 Å². The van der Waals surface area contributed by atoms with Gasteiger partial charge in [-0.05, 0) is 51.0 Å². The molecule has 1 aromatic heterocycles. The van der Waals surface area contributed by atoms with Crippen LogP contribution in [-0.4, -0.2) is 34.1 Å². The Balaban J connectivity index is 1.64. The SMILES string of the molecule is CC(C)NC(=S)N1CCC(c2nc3ccccc3s2)CC1. The molecular formula is C16H21N3S2. The van der Waals surface area contributed by atoms with Crippen LogP contribution in [0.15, 0.2) is 24.3 Å². The smallest absolute Gasteiger partial charge is 0.169 e. The molecule has 5 heteroatoms. The van der Waals surface area contributed by atoms with Gasteiger partial charge in [-0.3, -0.25) is 0 Å². The van der Waals surface area contributed by atoms with Crippen LogP contribution in [0.5, 0.6) is 0 Å². The Bertz CT molecular complexity index is 594. The van der Waals surface area contributed by atoms with Crippen LogP contribution in [0.3, 0.4) is 0 Å². The van der Waals surface area contributed by atoms with Gasteiger partial charge in [0.05, 0.1) is 15.2 Å². The zero-order chi connectivity index (χ0) is 14.8. The van der Waals surface area contributed by atoms with E-state index in [1.165, 1.54) is 9.71 Å². The number of hydrogen-bond donors (Lipinski definition) is 1.